The molecule has 20 heavy (non-hydrogen) atoms. The molecular weight excluding hydrogens is 302 g/mol. The van der Waals surface area contributed by atoms with E-state index in [0.717, 1.165) is 6.42 Å². The summed E-state index contributed by atoms with van der Waals surface area (Å²) in [4.78, 5) is 0. The van der Waals surface area contributed by atoms with Crippen LogP contribution in [0, 0.1) is 5.92 Å². The average Bonchev–Trinajstić information content (AvgIpc) is 2.70. The van der Waals surface area contributed by atoms with E-state index in [1.807, 2.05) is 20.8 Å². The number of halogens is 1. The third-order valence-electron chi connectivity index (χ3n) is 3.95. The van der Waals surface area contributed by atoms with Gasteiger partial charge in [-0.05, 0) is 39.7 Å². The first-order chi connectivity index (χ1) is 8.84. The molecule has 4 atom stereocenters. The molecule has 0 amide bonds. The van der Waals surface area contributed by atoms with Crippen LogP contribution in [0.25, 0.3) is 0 Å². The summed E-state index contributed by atoms with van der Waals surface area (Å²) in [6, 6.07) is 0.0343. The van der Waals surface area contributed by atoms with Crippen molar-refractivity contribution in [3.8, 4) is 0 Å². The quantitative estimate of drug-likeness (QED) is 0.815. The second-order valence-electron chi connectivity index (χ2n) is 5.84. The van der Waals surface area contributed by atoms with Gasteiger partial charge < -0.3 is 10.5 Å². The molecule has 0 aromatic rings. The van der Waals surface area contributed by atoms with Crippen LogP contribution in [-0.2, 0) is 14.9 Å². The SMILES string of the molecule is CC1CN(S(=O)(=O)N2CC(CN)CC2C)CC(C)O1.Cl. The van der Waals surface area contributed by atoms with E-state index < -0.39 is 10.2 Å². The molecule has 4 unspecified atom stereocenters. The molecule has 0 aliphatic carbocycles. The zero-order chi connectivity index (χ0) is 14.2. The highest BCUT2D eigenvalue weighted by atomic mass is 35.5. The molecule has 6 nitrogen and oxygen atoms in total. The third-order valence-corrected chi connectivity index (χ3v) is 6.00. The Morgan fingerprint density at radius 2 is 1.70 bits per heavy atom. The predicted octanol–water partition coefficient (Wildman–Crippen LogP) is 0.431. The lowest BCUT2D eigenvalue weighted by atomic mass is 10.1. The van der Waals surface area contributed by atoms with Crippen LogP contribution in [0.15, 0.2) is 0 Å². The van der Waals surface area contributed by atoms with Crippen LogP contribution in [0.3, 0.4) is 0 Å². The molecule has 8 heteroatoms. The molecule has 0 spiro atoms. The summed E-state index contributed by atoms with van der Waals surface area (Å²) in [5.41, 5.74) is 5.67. The Kier molecular flexibility index (Phi) is 6.25. The highest BCUT2D eigenvalue weighted by molar-refractivity contribution is 7.86. The van der Waals surface area contributed by atoms with Gasteiger partial charge in [0.1, 0.15) is 0 Å². The Morgan fingerprint density at radius 3 is 2.15 bits per heavy atom. The van der Waals surface area contributed by atoms with Crippen molar-refractivity contribution in [2.75, 3.05) is 26.2 Å². The Labute approximate surface area is 128 Å². The van der Waals surface area contributed by atoms with Crippen LogP contribution < -0.4 is 5.73 Å². The molecule has 2 N–H and O–H groups in total. The zero-order valence-electron chi connectivity index (χ0n) is 12.4. The van der Waals surface area contributed by atoms with Crippen molar-refractivity contribution in [1.82, 2.24) is 8.61 Å². The molecule has 120 valence electrons. The van der Waals surface area contributed by atoms with Gasteiger partial charge in [-0.25, -0.2) is 0 Å². The Balaban J connectivity index is 0.00000200. The Morgan fingerprint density at radius 1 is 1.15 bits per heavy atom. The van der Waals surface area contributed by atoms with E-state index in [2.05, 4.69) is 0 Å². The van der Waals surface area contributed by atoms with E-state index in [4.69, 9.17) is 10.5 Å². The fourth-order valence-corrected chi connectivity index (χ4v) is 5.10. The van der Waals surface area contributed by atoms with Crippen molar-refractivity contribution in [1.29, 1.82) is 0 Å². The summed E-state index contributed by atoms with van der Waals surface area (Å²) < 4.78 is 34.2. The second kappa shape index (κ2) is 6.89. The van der Waals surface area contributed by atoms with Gasteiger partial charge >= 0.3 is 0 Å². The first-order valence-corrected chi connectivity index (χ1v) is 8.36. The monoisotopic (exact) mass is 327 g/mol. The van der Waals surface area contributed by atoms with Crippen LogP contribution in [0.5, 0.6) is 0 Å². The lowest BCUT2D eigenvalue weighted by molar-refractivity contribution is -0.0455. The fourth-order valence-electron chi connectivity index (χ4n) is 3.07. The van der Waals surface area contributed by atoms with Gasteiger partial charge in [-0.3, -0.25) is 0 Å². The maximum Gasteiger partial charge on any atom is 0.282 e. The predicted molar refractivity (Wildman–Crippen MR) is 81.1 cm³/mol. The summed E-state index contributed by atoms with van der Waals surface area (Å²) in [6.45, 7) is 7.74. The summed E-state index contributed by atoms with van der Waals surface area (Å²) in [5, 5.41) is 0. The first-order valence-electron chi connectivity index (χ1n) is 6.97. The average molecular weight is 328 g/mol. The van der Waals surface area contributed by atoms with Gasteiger partial charge in [0.15, 0.2) is 0 Å². The molecule has 2 saturated heterocycles. The molecule has 0 aromatic carbocycles. The number of morpholine rings is 1. The van der Waals surface area contributed by atoms with Crippen molar-refractivity contribution in [3.63, 3.8) is 0 Å². The highest BCUT2D eigenvalue weighted by Gasteiger charge is 2.41. The lowest BCUT2D eigenvalue weighted by Gasteiger charge is -2.37. The van der Waals surface area contributed by atoms with Crippen molar-refractivity contribution >= 4 is 22.6 Å². The summed E-state index contributed by atoms with van der Waals surface area (Å²) in [5.74, 6) is 0.278. The number of nitrogens with two attached hydrogens (primary N) is 1. The third kappa shape index (κ3) is 3.64. The number of ether oxygens (including phenoxy) is 1. The summed E-state index contributed by atoms with van der Waals surface area (Å²) in [6.07, 6.45) is 0.744. The van der Waals surface area contributed by atoms with Crippen LogP contribution in [0.1, 0.15) is 27.2 Å². The number of hydrogen-bond acceptors (Lipinski definition) is 4. The molecule has 2 heterocycles. The van der Waals surface area contributed by atoms with E-state index in [0.29, 0.717) is 26.2 Å². The van der Waals surface area contributed by atoms with Gasteiger partial charge in [0.05, 0.1) is 12.2 Å². The van der Waals surface area contributed by atoms with Crippen molar-refractivity contribution < 1.29 is 13.2 Å². The van der Waals surface area contributed by atoms with Crippen molar-refractivity contribution in [2.45, 2.75) is 45.4 Å². The minimum atomic E-state index is -3.39. The molecule has 0 radical (unpaired) electrons. The maximum absolute atomic E-state index is 12.7. The first kappa shape index (κ1) is 18.1. The van der Waals surface area contributed by atoms with Crippen molar-refractivity contribution in [3.05, 3.63) is 0 Å². The zero-order valence-corrected chi connectivity index (χ0v) is 14.0. The van der Waals surface area contributed by atoms with Crippen LogP contribution in [-0.4, -0.2) is 61.5 Å². The van der Waals surface area contributed by atoms with Gasteiger partial charge in [0, 0.05) is 25.7 Å². The van der Waals surface area contributed by atoms with Gasteiger partial charge in [0.25, 0.3) is 10.2 Å². The Bertz CT molecular complexity index is 410. The molecule has 0 aromatic heterocycles. The second-order valence-corrected chi connectivity index (χ2v) is 7.72. The molecular formula is C12H26ClN3O3S. The highest BCUT2D eigenvalue weighted by Crippen LogP contribution is 2.28. The molecule has 0 bridgehead atoms. The van der Waals surface area contributed by atoms with E-state index in [1.165, 1.54) is 0 Å². The lowest BCUT2D eigenvalue weighted by Crippen LogP contribution is -2.53. The molecule has 2 aliphatic rings. The maximum atomic E-state index is 12.7. The van der Waals surface area contributed by atoms with E-state index >= 15 is 0 Å². The van der Waals surface area contributed by atoms with Crippen LogP contribution in [0.4, 0.5) is 0 Å². The smallest absolute Gasteiger partial charge is 0.282 e. The van der Waals surface area contributed by atoms with Gasteiger partial charge in [-0.15, -0.1) is 12.4 Å². The van der Waals surface area contributed by atoms with E-state index in [-0.39, 0.29) is 36.6 Å². The molecule has 0 saturated carbocycles. The summed E-state index contributed by atoms with van der Waals surface area (Å²) in [7, 11) is -3.39. The number of rotatable bonds is 3. The summed E-state index contributed by atoms with van der Waals surface area (Å²) >= 11 is 0. The van der Waals surface area contributed by atoms with E-state index in [9.17, 15) is 8.42 Å². The molecule has 2 fully saturated rings. The molecule has 2 aliphatic heterocycles. The van der Waals surface area contributed by atoms with Crippen LogP contribution >= 0.6 is 12.4 Å². The molecule has 2 rings (SSSR count). The minimum absolute atomic E-state index is 0. The largest absolute Gasteiger partial charge is 0.373 e. The topological polar surface area (TPSA) is 75.9 Å². The normalized spacial score (nSPS) is 36.8. The number of nitrogens with zero attached hydrogens (tertiary/aromatic N) is 2. The van der Waals surface area contributed by atoms with Crippen LogP contribution in [0.2, 0.25) is 0 Å². The van der Waals surface area contributed by atoms with Gasteiger partial charge in [-0.1, -0.05) is 0 Å². The fraction of sp³-hybridized carbons (Fsp3) is 1.00. The Hall–Kier alpha value is 0.0800. The minimum Gasteiger partial charge on any atom is -0.373 e. The standard InChI is InChI=1S/C12H25N3O3S.ClH/c1-9-4-12(5-13)8-15(9)19(16,17)14-6-10(2)18-11(3)7-14;/h9-12H,4-8,13H2,1-3H3;1H. The number of hydrogen-bond donors (Lipinski definition) is 1. The van der Waals surface area contributed by atoms with Gasteiger partial charge in [0.2, 0.25) is 0 Å². The van der Waals surface area contributed by atoms with Gasteiger partial charge in [-0.2, -0.15) is 17.0 Å². The van der Waals surface area contributed by atoms with E-state index in [1.54, 1.807) is 8.61 Å². The van der Waals surface area contributed by atoms with Crippen molar-refractivity contribution in [2.24, 2.45) is 11.7 Å².